The van der Waals surface area contributed by atoms with Crippen LogP contribution in [0.2, 0.25) is 0 Å². The molecule has 1 heterocycles. The summed E-state index contributed by atoms with van der Waals surface area (Å²) in [6.45, 7) is -1.89. The lowest BCUT2D eigenvalue weighted by atomic mass is 10.1. The number of hydrogen-bond donors (Lipinski definition) is 1. The Morgan fingerprint density at radius 1 is 1.50 bits per heavy atom. The smallest absolute Gasteiger partial charge is 0.387 e. The quantitative estimate of drug-likeness (QED) is 0.666. The van der Waals surface area contributed by atoms with Gasteiger partial charge >= 0.3 is 12.3 Å². The van der Waals surface area contributed by atoms with Crippen LogP contribution in [0.15, 0.2) is 18.2 Å². The number of anilines is 1. The van der Waals surface area contributed by atoms with Crippen LogP contribution < -0.4 is 10.1 Å². The van der Waals surface area contributed by atoms with Crippen molar-refractivity contribution < 1.29 is 23.2 Å². The average molecular weight is 288 g/mol. The highest BCUT2D eigenvalue weighted by atomic mass is 19.3. The van der Waals surface area contributed by atoms with Gasteiger partial charge < -0.3 is 14.8 Å². The Morgan fingerprint density at radius 2 is 2.30 bits per heavy atom. The minimum absolute atomic E-state index is 0.0598. The third-order valence-corrected chi connectivity index (χ3v) is 2.90. The third-order valence-electron chi connectivity index (χ3n) is 2.90. The number of halogens is 2. The molecule has 1 N–H and O–H groups in total. The number of nitrogens with zero attached hydrogens (tertiary/aromatic N) is 1. The molecule has 0 radical (unpaired) electrons. The first-order valence-electron chi connectivity index (χ1n) is 6.14. The molecule has 0 aromatic heterocycles. The van der Waals surface area contributed by atoms with Crippen molar-refractivity contribution >= 4 is 11.4 Å². The first-order chi connectivity index (χ1) is 9.56. The fraction of sp³-hybridized carbons (Fsp3) is 0.500. The second-order valence-corrected chi connectivity index (χ2v) is 4.38. The number of nitrogens with one attached hydrogen (secondary N) is 1. The molecule has 6 nitrogen and oxygen atoms in total. The van der Waals surface area contributed by atoms with Gasteiger partial charge in [-0.1, -0.05) is 0 Å². The lowest BCUT2D eigenvalue weighted by Crippen LogP contribution is -2.29. The summed E-state index contributed by atoms with van der Waals surface area (Å²) in [4.78, 5) is 9.99. The van der Waals surface area contributed by atoms with E-state index in [2.05, 4.69) is 10.1 Å². The summed E-state index contributed by atoms with van der Waals surface area (Å²) < 4.78 is 34.0. The fourth-order valence-corrected chi connectivity index (χ4v) is 2.04. The largest absolute Gasteiger partial charge is 0.427 e. The van der Waals surface area contributed by atoms with Gasteiger partial charge in [-0.05, 0) is 18.9 Å². The lowest BCUT2D eigenvalue weighted by Gasteiger charge is -2.24. The van der Waals surface area contributed by atoms with E-state index in [0.29, 0.717) is 18.9 Å². The molecule has 0 spiro atoms. The Labute approximate surface area is 113 Å². The molecule has 1 aliphatic heterocycles. The average Bonchev–Trinajstić information content (AvgIpc) is 2.39. The molecular weight excluding hydrogens is 274 g/mol. The van der Waals surface area contributed by atoms with Gasteiger partial charge in [0, 0.05) is 30.5 Å². The Bertz CT molecular complexity index is 479. The minimum Gasteiger partial charge on any atom is -0.427 e. The Kier molecular flexibility index (Phi) is 4.67. The molecule has 1 aromatic rings. The van der Waals surface area contributed by atoms with Crippen molar-refractivity contribution in [3.8, 4) is 5.75 Å². The standard InChI is InChI=1S/C12H14F2N2O4/c13-12(14)20-11-6-8(3-4-10(11)16(17)18)15-9-2-1-5-19-7-9/h3-4,6,9,12,15H,1-2,5,7H2. The van der Waals surface area contributed by atoms with E-state index in [-0.39, 0.29) is 6.04 Å². The van der Waals surface area contributed by atoms with Gasteiger partial charge in [0.1, 0.15) is 0 Å². The molecule has 0 saturated carbocycles. The van der Waals surface area contributed by atoms with E-state index < -0.39 is 23.0 Å². The summed E-state index contributed by atoms with van der Waals surface area (Å²) >= 11 is 0. The van der Waals surface area contributed by atoms with E-state index in [0.717, 1.165) is 18.9 Å². The highest BCUT2D eigenvalue weighted by molar-refractivity contribution is 5.58. The summed E-state index contributed by atoms with van der Waals surface area (Å²) in [5.41, 5.74) is -0.00232. The number of benzene rings is 1. The molecule has 20 heavy (non-hydrogen) atoms. The topological polar surface area (TPSA) is 73.6 Å². The highest BCUT2D eigenvalue weighted by Gasteiger charge is 2.20. The normalized spacial score (nSPS) is 18.9. The summed E-state index contributed by atoms with van der Waals surface area (Å²) in [5, 5.41) is 13.8. The van der Waals surface area contributed by atoms with Crippen LogP contribution in [0.1, 0.15) is 12.8 Å². The molecule has 8 heteroatoms. The molecule has 110 valence electrons. The predicted molar refractivity (Wildman–Crippen MR) is 67.2 cm³/mol. The van der Waals surface area contributed by atoms with Crippen molar-refractivity contribution in [2.75, 3.05) is 18.5 Å². The van der Waals surface area contributed by atoms with E-state index in [4.69, 9.17) is 4.74 Å². The van der Waals surface area contributed by atoms with E-state index in [9.17, 15) is 18.9 Å². The summed E-state index contributed by atoms with van der Waals surface area (Å²) in [6.07, 6.45) is 1.80. The molecule has 2 rings (SSSR count). The second kappa shape index (κ2) is 6.47. The van der Waals surface area contributed by atoms with Crippen LogP contribution in [0.25, 0.3) is 0 Å². The number of rotatable bonds is 5. The van der Waals surface area contributed by atoms with E-state index in [1.165, 1.54) is 12.1 Å². The van der Waals surface area contributed by atoms with Crippen LogP contribution in [-0.4, -0.2) is 30.8 Å². The number of alkyl halides is 2. The molecule has 0 bridgehead atoms. The van der Waals surface area contributed by atoms with Crippen molar-refractivity contribution in [3.63, 3.8) is 0 Å². The van der Waals surface area contributed by atoms with Crippen molar-refractivity contribution in [2.45, 2.75) is 25.5 Å². The molecule has 0 aliphatic carbocycles. The Balaban J connectivity index is 2.15. The Hall–Kier alpha value is -1.96. The van der Waals surface area contributed by atoms with Gasteiger partial charge in [-0.25, -0.2) is 0 Å². The zero-order valence-corrected chi connectivity index (χ0v) is 10.6. The molecule has 1 aliphatic rings. The van der Waals surface area contributed by atoms with Crippen LogP contribution in [0.5, 0.6) is 5.75 Å². The third kappa shape index (κ3) is 3.77. The van der Waals surface area contributed by atoms with Gasteiger partial charge in [-0.15, -0.1) is 0 Å². The maximum absolute atomic E-state index is 12.3. The maximum atomic E-state index is 12.3. The summed E-state index contributed by atoms with van der Waals surface area (Å²) in [7, 11) is 0. The summed E-state index contributed by atoms with van der Waals surface area (Å²) in [6, 6.07) is 3.87. The van der Waals surface area contributed by atoms with Gasteiger partial charge in [0.2, 0.25) is 5.75 Å². The van der Waals surface area contributed by atoms with Gasteiger partial charge in [-0.3, -0.25) is 10.1 Å². The van der Waals surface area contributed by atoms with Gasteiger partial charge in [0.25, 0.3) is 0 Å². The zero-order valence-electron chi connectivity index (χ0n) is 10.6. The monoisotopic (exact) mass is 288 g/mol. The fourth-order valence-electron chi connectivity index (χ4n) is 2.04. The highest BCUT2D eigenvalue weighted by Crippen LogP contribution is 2.31. The number of nitro groups is 1. The number of hydrogen-bond acceptors (Lipinski definition) is 5. The van der Waals surface area contributed by atoms with Crippen LogP contribution in [-0.2, 0) is 4.74 Å². The van der Waals surface area contributed by atoms with Gasteiger partial charge in [-0.2, -0.15) is 8.78 Å². The number of ether oxygens (including phenoxy) is 2. The number of nitro benzene ring substituents is 1. The molecule has 1 unspecified atom stereocenters. The van der Waals surface area contributed by atoms with Crippen molar-refractivity contribution in [1.29, 1.82) is 0 Å². The molecule has 1 fully saturated rings. The van der Waals surface area contributed by atoms with Crippen LogP contribution >= 0.6 is 0 Å². The first-order valence-corrected chi connectivity index (χ1v) is 6.14. The molecule has 1 aromatic carbocycles. The van der Waals surface area contributed by atoms with E-state index in [1.807, 2.05) is 0 Å². The van der Waals surface area contributed by atoms with E-state index in [1.54, 1.807) is 0 Å². The van der Waals surface area contributed by atoms with E-state index >= 15 is 0 Å². The first kappa shape index (κ1) is 14.4. The van der Waals surface area contributed by atoms with Crippen LogP contribution in [0.4, 0.5) is 20.2 Å². The second-order valence-electron chi connectivity index (χ2n) is 4.38. The maximum Gasteiger partial charge on any atom is 0.387 e. The van der Waals surface area contributed by atoms with Crippen molar-refractivity contribution in [3.05, 3.63) is 28.3 Å². The molecule has 1 saturated heterocycles. The van der Waals surface area contributed by atoms with Gasteiger partial charge in [0.15, 0.2) is 0 Å². The molecule has 0 amide bonds. The Morgan fingerprint density at radius 3 is 2.90 bits per heavy atom. The zero-order chi connectivity index (χ0) is 14.5. The predicted octanol–water partition coefficient (Wildman–Crippen LogP) is 2.79. The van der Waals surface area contributed by atoms with Crippen LogP contribution in [0.3, 0.4) is 0 Å². The van der Waals surface area contributed by atoms with Crippen molar-refractivity contribution in [2.24, 2.45) is 0 Å². The van der Waals surface area contributed by atoms with Crippen LogP contribution in [0, 0.1) is 10.1 Å². The minimum atomic E-state index is -3.11. The lowest BCUT2D eigenvalue weighted by molar-refractivity contribution is -0.386. The SMILES string of the molecule is O=[N+]([O-])c1ccc(NC2CCCOC2)cc1OC(F)F. The van der Waals surface area contributed by atoms with Gasteiger partial charge in [0.05, 0.1) is 11.5 Å². The molecular formula is C12H14F2N2O4. The van der Waals surface area contributed by atoms with Crippen molar-refractivity contribution in [1.82, 2.24) is 0 Å². The summed E-state index contributed by atoms with van der Waals surface area (Å²) in [5.74, 6) is -0.452. The molecule has 1 atom stereocenters.